The lowest BCUT2D eigenvalue weighted by molar-refractivity contribution is -0.383. The maximum atomic E-state index is 12.7. The zero-order valence-electron chi connectivity index (χ0n) is 14.3. The van der Waals surface area contributed by atoms with Crippen LogP contribution in [-0.2, 0) is 0 Å². The van der Waals surface area contributed by atoms with Crippen molar-refractivity contribution in [3.63, 3.8) is 0 Å². The van der Waals surface area contributed by atoms with Crippen LogP contribution in [0.25, 0.3) is 10.9 Å². The standard InChI is InChI=1S/C18H17N5O3S/c24-17(22-18-21-10-15(27-18)11-5-8-19-9-6-11)13-3-4-14(23(25)26)12-2-1-7-20-16(12)13/h1-4,7,10-11,19H,5-6,8-9H2,(H,21,22,24). The van der Waals surface area contributed by atoms with Gasteiger partial charge in [-0.1, -0.05) is 0 Å². The Morgan fingerprint density at radius 1 is 1.26 bits per heavy atom. The summed E-state index contributed by atoms with van der Waals surface area (Å²) in [5, 5.41) is 18.2. The Morgan fingerprint density at radius 3 is 2.85 bits per heavy atom. The Morgan fingerprint density at radius 2 is 2.07 bits per heavy atom. The van der Waals surface area contributed by atoms with E-state index in [0.29, 0.717) is 22.0 Å². The maximum Gasteiger partial charge on any atom is 0.278 e. The largest absolute Gasteiger partial charge is 0.317 e. The van der Waals surface area contributed by atoms with Gasteiger partial charge < -0.3 is 5.32 Å². The minimum atomic E-state index is -0.474. The van der Waals surface area contributed by atoms with Crippen LogP contribution in [-0.4, -0.2) is 33.9 Å². The molecule has 138 valence electrons. The predicted molar refractivity (Wildman–Crippen MR) is 103 cm³/mol. The summed E-state index contributed by atoms with van der Waals surface area (Å²) in [5.74, 6) is 0.0936. The van der Waals surface area contributed by atoms with Crippen molar-refractivity contribution in [2.45, 2.75) is 18.8 Å². The van der Waals surface area contributed by atoms with Crippen LogP contribution in [0.2, 0.25) is 0 Å². The van der Waals surface area contributed by atoms with Crippen molar-refractivity contribution < 1.29 is 9.72 Å². The van der Waals surface area contributed by atoms with E-state index in [-0.39, 0.29) is 17.2 Å². The Labute approximate surface area is 158 Å². The Kier molecular flexibility index (Phi) is 4.78. The second kappa shape index (κ2) is 7.37. The number of amides is 1. The summed E-state index contributed by atoms with van der Waals surface area (Å²) >= 11 is 1.48. The molecule has 2 aromatic heterocycles. The number of benzene rings is 1. The zero-order valence-corrected chi connectivity index (χ0v) is 15.2. The molecule has 0 atom stereocenters. The summed E-state index contributed by atoms with van der Waals surface area (Å²) in [6.45, 7) is 1.98. The smallest absolute Gasteiger partial charge is 0.278 e. The van der Waals surface area contributed by atoms with E-state index < -0.39 is 4.92 Å². The van der Waals surface area contributed by atoms with Crippen molar-refractivity contribution in [1.29, 1.82) is 0 Å². The number of nitro groups is 1. The molecule has 1 fully saturated rings. The van der Waals surface area contributed by atoms with Crippen LogP contribution in [0.3, 0.4) is 0 Å². The molecule has 1 aliphatic heterocycles. The number of hydrogen-bond donors (Lipinski definition) is 2. The van der Waals surface area contributed by atoms with Crippen molar-refractivity contribution in [1.82, 2.24) is 15.3 Å². The highest BCUT2D eigenvalue weighted by Gasteiger charge is 2.21. The molecule has 1 amide bonds. The van der Waals surface area contributed by atoms with Crippen LogP contribution in [0.15, 0.2) is 36.7 Å². The fraction of sp³-hybridized carbons (Fsp3) is 0.278. The van der Waals surface area contributed by atoms with E-state index in [0.717, 1.165) is 25.9 Å². The average Bonchev–Trinajstić information content (AvgIpc) is 3.16. The molecule has 0 bridgehead atoms. The molecule has 1 saturated heterocycles. The van der Waals surface area contributed by atoms with Crippen molar-refractivity contribution in [2.75, 3.05) is 18.4 Å². The van der Waals surface area contributed by atoms with Gasteiger partial charge in [0.25, 0.3) is 11.6 Å². The van der Waals surface area contributed by atoms with Gasteiger partial charge in [0.1, 0.15) is 0 Å². The van der Waals surface area contributed by atoms with Crippen LogP contribution in [0, 0.1) is 10.1 Å². The normalized spacial score (nSPS) is 15.0. The van der Waals surface area contributed by atoms with E-state index in [4.69, 9.17) is 0 Å². The lowest BCUT2D eigenvalue weighted by Crippen LogP contribution is -2.26. The highest BCUT2D eigenvalue weighted by Crippen LogP contribution is 2.32. The fourth-order valence-electron chi connectivity index (χ4n) is 3.30. The molecule has 0 radical (unpaired) electrons. The molecule has 1 aromatic carbocycles. The number of thiazole rings is 1. The molecule has 1 aliphatic rings. The number of carbonyl (C=O) groups excluding carboxylic acids is 1. The zero-order chi connectivity index (χ0) is 18.8. The number of aromatic nitrogens is 2. The molecule has 0 aliphatic carbocycles. The van der Waals surface area contributed by atoms with Gasteiger partial charge in [-0.05, 0) is 50.0 Å². The average molecular weight is 383 g/mol. The van der Waals surface area contributed by atoms with Gasteiger partial charge in [-0.25, -0.2) is 4.98 Å². The van der Waals surface area contributed by atoms with Gasteiger partial charge in [0.05, 0.1) is 21.4 Å². The second-order valence-corrected chi connectivity index (χ2v) is 7.40. The first kappa shape index (κ1) is 17.5. The number of hydrogen-bond acceptors (Lipinski definition) is 7. The predicted octanol–water partition coefficient (Wildman–Crippen LogP) is 3.32. The van der Waals surface area contributed by atoms with Gasteiger partial charge in [0.2, 0.25) is 0 Å². The summed E-state index contributed by atoms with van der Waals surface area (Å²) in [6.07, 6.45) is 5.46. The summed E-state index contributed by atoms with van der Waals surface area (Å²) in [5.41, 5.74) is 0.520. The molecule has 8 nitrogen and oxygen atoms in total. The van der Waals surface area contributed by atoms with Gasteiger partial charge >= 0.3 is 0 Å². The van der Waals surface area contributed by atoms with E-state index in [2.05, 4.69) is 20.6 Å². The van der Waals surface area contributed by atoms with Crippen molar-refractivity contribution in [2.24, 2.45) is 0 Å². The molecule has 0 unspecified atom stereocenters. The summed E-state index contributed by atoms with van der Waals surface area (Å²) in [7, 11) is 0. The van der Waals surface area contributed by atoms with Crippen LogP contribution in [0.1, 0.15) is 34.0 Å². The lowest BCUT2D eigenvalue weighted by Gasteiger charge is -2.20. The maximum absolute atomic E-state index is 12.7. The van der Waals surface area contributed by atoms with E-state index in [1.165, 1.54) is 34.5 Å². The monoisotopic (exact) mass is 383 g/mol. The van der Waals surface area contributed by atoms with E-state index >= 15 is 0 Å². The van der Waals surface area contributed by atoms with Crippen LogP contribution in [0.4, 0.5) is 10.8 Å². The molecule has 3 heterocycles. The Bertz CT molecular complexity index is 1010. The number of piperidine rings is 1. The fourth-order valence-corrected chi connectivity index (χ4v) is 4.28. The van der Waals surface area contributed by atoms with E-state index in [1.54, 1.807) is 12.1 Å². The molecule has 0 saturated carbocycles. The molecule has 0 spiro atoms. The third kappa shape index (κ3) is 3.51. The quantitative estimate of drug-likeness (QED) is 0.528. The van der Waals surface area contributed by atoms with E-state index in [1.807, 2.05) is 6.20 Å². The highest BCUT2D eigenvalue weighted by molar-refractivity contribution is 7.15. The molecule has 2 N–H and O–H groups in total. The van der Waals surface area contributed by atoms with Gasteiger partial charge in [0.15, 0.2) is 5.13 Å². The molecule has 9 heteroatoms. The molecular weight excluding hydrogens is 366 g/mol. The van der Waals surface area contributed by atoms with Crippen LogP contribution >= 0.6 is 11.3 Å². The number of carbonyl (C=O) groups is 1. The molecular formula is C18H17N5O3S. The first-order valence-corrected chi connectivity index (χ1v) is 9.45. The van der Waals surface area contributed by atoms with Gasteiger partial charge in [-0.2, -0.15) is 0 Å². The number of fused-ring (bicyclic) bond motifs is 1. The first-order chi connectivity index (χ1) is 13.1. The molecule has 27 heavy (non-hydrogen) atoms. The lowest BCUT2D eigenvalue weighted by atomic mass is 9.97. The summed E-state index contributed by atoms with van der Waals surface area (Å²) < 4.78 is 0. The van der Waals surface area contributed by atoms with Gasteiger partial charge in [-0.15, -0.1) is 11.3 Å². The minimum Gasteiger partial charge on any atom is -0.317 e. The number of rotatable bonds is 4. The number of nitrogens with zero attached hydrogens (tertiary/aromatic N) is 3. The van der Waals surface area contributed by atoms with Crippen molar-refractivity contribution >= 4 is 39.0 Å². The van der Waals surface area contributed by atoms with E-state index in [9.17, 15) is 14.9 Å². The summed E-state index contributed by atoms with van der Waals surface area (Å²) in [6, 6.07) is 5.98. The first-order valence-electron chi connectivity index (χ1n) is 8.63. The Balaban J connectivity index is 1.59. The second-order valence-electron chi connectivity index (χ2n) is 6.34. The number of non-ortho nitro benzene ring substituents is 1. The topological polar surface area (TPSA) is 110 Å². The number of nitro benzene ring substituents is 1. The highest BCUT2D eigenvalue weighted by atomic mass is 32.1. The van der Waals surface area contributed by atoms with Crippen molar-refractivity contribution in [3.05, 3.63) is 57.2 Å². The molecule has 3 aromatic rings. The summed E-state index contributed by atoms with van der Waals surface area (Å²) in [4.78, 5) is 33.1. The van der Waals surface area contributed by atoms with Gasteiger partial charge in [0, 0.05) is 23.3 Å². The number of nitrogens with one attached hydrogen (secondary N) is 2. The van der Waals surface area contributed by atoms with Gasteiger partial charge in [-0.3, -0.25) is 25.2 Å². The number of anilines is 1. The Hall–Kier alpha value is -2.91. The van der Waals surface area contributed by atoms with Crippen molar-refractivity contribution in [3.8, 4) is 0 Å². The number of pyridine rings is 1. The van der Waals surface area contributed by atoms with Crippen LogP contribution < -0.4 is 10.6 Å². The van der Waals surface area contributed by atoms with Crippen LogP contribution in [0.5, 0.6) is 0 Å². The molecule has 4 rings (SSSR count). The SMILES string of the molecule is O=C(Nc1ncc(C2CCNCC2)s1)c1ccc([N+](=O)[O-])c2cccnc12. The third-order valence-electron chi connectivity index (χ3n) is 4.67. The minimum absolute atomic E-state index is 0.0721. The third-order valence-corrected chi connectivity index (χ3v) is 5.75.